The third kappa shape index (κ3) is 5.85. The van der Waals surface area contributed by atoms with E-state index < -0.39 is 5.91 Å². The predicted octanol–water partition coefficient (Wildman–Crippen LogP) is 3.90. The first kappa shape index (κ1) is 18.3. The van der Waals surface area contributed by atoms with Gasteiger partial charge in [-0.25, -0.2) is 0 Å². The van der Waals surface area contributed by atoms with Crippen LogP contribution in [0.1, 0.15) is 5.56 Å². The first-order chi connectivity index (χ1) is 11.4. The van der Waals surface area contributed by atoms with Gasteiger partial charge in [0.25, 0.3) is 0 Å². The maximum Gasteiger partial charge on any atom is 0.250 e. The monoisotopic (exact) mass is 366 g/mol. The summed E-state index contributed by atoms with van der Waals surface area (Å²) in [6.45, 7) is 1.42. The fourth-order valence-corrected chi connectivity index (χ4v) is 2.27. The van der Waals surface area contributed by atoms with Crippen LogP contribution in [0.15, 0.2) is 42.5 Å². The molecule has 0 atom stereocenters. The van der Waals surface area contributed by atoms with E-state index in [4.69, 9.17) is 27.9 Å². The van der Waals surface area contributed by atoms with Crippen molar-refractivity contribution in [2.24, 2.45) is 0 Å². The number of anilines is 2. The summed E-state index contributed by atoms with van der Waals surface area (Å²) in [4.78, 5) is 23.5. The second kappa shape index (κ2) is 8.68. The van der Waals surface area contributed by atoms with Gasteiger partial charge >= 0.3 is 0 Å². The fraction of sp³-hybridized carbons (Fsp3) is 0.176. The van der Waals surface area contributed by atoms with E-state index in [1.54, 1.807) is 18.2 Å². The van der Waals surface area contributed by atoms with E-state index in [-0.39, 0.29) is 19.1 Å². The summed E-state index contributed by atoms with van der Waals surface area (Å²) in [5.74, 6) is -0.767. The van der Waals surface area contributed by atoms with Gasteiger partial charge in [0, 0.05) is 10.7 Å². The van der Waals surface area contributed by atoms with E-state index in [1.165, 1.54) is 6.07 Å². The lowest BCUT2D eigenvalue weighted by molar-refractivity contribution is -0.125. The van der Waals surface area contributed by atoms with Crippen LogP contribution in [0.5, 0.6) is 0 Å². The van der Waals surface area contributed by atoms with Gasteiger partial charge in [-0.3, -0.25) is 9.59 Å². The summed E-state index contributed by atoms with van der Waals surface area (Å²) in [6.07, 6.45) is 0. The molecule has 2 aromatic rings. The van der Waals surface area contributed by atoms with Crippen molar-refractivity contribution in [1.82, 2.24) is 0 Å². The first-order valence-electron chi connectivity index (χ1n) is 7.13. The number of ether oxygens (including phenoxy) is 1. The molecule has 0 aliphatic heterocycles. The van der Waals surface area contributed by atoms with Gasteiger partial charge in [0.15, 0.2) is 0 Å². The molecule has 0 bridgehead atoms. The zero-order chi connectivity index (χ0) is 17.5. The summed E-state index contributed by atoms with van der Waals surface area (Å²) >= 11 is 11.8. The summed E-state index contributed by atoms with van der Waals surface area (Å²) in [6, 6.07) is 12.1. The second-order valence-corrected chi connectivity index (χ2v) is 5.93. The topological polar surface area (TPSA) is 67.4 Å². The third-order valence-electron chi connectivity index (χ3n) is 2.97. The molecule has 24 heavy (non-hydrogen) atoms. The number of rotatable bonds is 6. The number of carbonyl (C=O) groups excluding carboxylic acids is 2. The van der Waals surface area contributed by atoms with Gasteiger partial charge in [-0.2, -0.15) is 0 Å². The highest BCUT2D eigenvalue weighted by molar-refractivity contribution is 6.35. The Labute approximate surface area is 149 Å². The normalized spacial score (nSPS) is 10.3. The number of aryl methyl sites for hydroxylation is 1. The Morgan fingerprint density at radius 1 is 1.00 bits per heavy atom. The average Bonchev–Trinajstić information content (AvgIpc) is 2.51. The smallest absolute Gasteiger partial charge is 0.250 e. The third-order valence-corrected chi connectivity index (χ3v) is 3.54. The Morgan fingerprint density at radius 3 is 2.42 bits per heavy atom. The van der Waals surface area contributed by atoms with Crippen molar-refractivity contribution in [2.75, 3.05) is 23.8 Å². The van der Waals surface area contributed by atoms with E-state index in [0.717, 1.165) is 5.56 Å². The Hall–Kier alpha value is -2.08. The number of hydrogen-bond acceptors (Lipinski definition) is 3. The summed E-state index contributed by atoms with van der Waals surface area (Å²) in [5.41, 5.74) is 2.10. The highest BCUT2D eigenvalue weighted by atomic mass is 35.5. The quantitative estimate of drug-likeness (QED) is 0.814. The number of amides is 2. The largest absolute Gasteiger partial charge is 0.362 e. The zero-order valence-electron chi connectivity index (χ0n) is 12.9. The Morgan fingerprint density at radius 2 is 1.71 bits per heavy atom. The fourth-order valence-electron chi connectivity index (χ4n) is 1.94. The lowest BCUT2D eigenvalue weighted by Crippen LogP contribution is -2.24. The molecule has 0 spiro atoms. The Balaban J connectivity index is 1.76. The number of hydrogen-bond donors (Lipinski definition) is 2. The molecule has 2 aromatic carbocycles. The van der Waals surface area contributed by atoms with Crippen molar-refractivity contribution in [3.63, 3.8) is 0 Å². The molecule has 2 amide bonds. The van der Waals surface area contributed by atoms with Gasteiger partial charge in [-0.1, -0.05) is 35.3 Å². The van der Waals surface area contributed by atoms with Crippen LogP contribution in [0.25, 0.3) is 0 Å². The Bertz CT molecular complexity index is 750. The number of carbonyl (C=O) groups is 2. The van der Waals surface area contributed by atoms with Crippen molar-refractivity contribution in [3.8, 4) is 0 Å². The average molecular weight is 367 g/mol. The van der Waals surface area contributed by atoms with Gasteiger partial charge in [-0.05, 0) is 42.8 Å². The maximum absolute atomic E-state index is 11.8. The zero-order valence-corrected chi connectivity index (χ0v) is 14.4. The van der Waals surface area contributed by atoms with Crippen LogP contribution in [0.2, 0.25) is 10.0 Å². The number of nitrogens with one attached hydrogen (secondary N) is 2. The molecule has 0 aromatic heterocycles. The molecule has 0 fully saturated rings. The lowest BCUT2D eigenvalue weighted by atomic mass is 10.2. The molecular formula is C17H16Cl2N2O3. The standard InChI is InChI=1S/C17H16Cl2N2O3/c1-11-3-2-4-13(7-11)20-16(22)9-24-10-17(23)21-15-8-12(18)5-6-14(15)19/h2-8H,9-10H2,1H3,(H,20,22)(H,21,23). The molecule has 0 radical (unpaired) electrons. The van der Waals surface area contributed by atoms with Crippen LogP contribution < -0.4 is 10.6 Å². The van der Waals surface area contributed by atoms with E-state index in [9.17, 15) is 9.59 Å². The van der Waals surface area contributed by atoms with Crippen molar-refractivity contribution in [3.05, 3.63) is 58.1 Å². The highest BCUT2D eigenvalue weighted by Gasteiger charge is 2.09. The summed E-state index contributed by atoms with van der Waals surface area (Å²) < 4.78 is 5.10. The van der Waals surface area contributed by atoms with Crippen LogP contribution in [-0.2, 0) is 14.3 Å². The van der Waals surface area contributed by atoms with Gasteiger partial charge in [0.05, 0.1) is 10.7 Å². The molecule has 0 aliphatic rings. The minimum absolute atomic E-state index is 0.232. The van der Waals surface area contributed by atoms with Crippen molar-refractivity contribution < 1.29 is 14.3 Å². The molecule has 2 N–H and O–H groups in total. The summed E-state index contributed by atoms with van der Waals surface area (Å²) in [7, 11) is 0. The minimum atomic E-state index is -0.428. The van der Waals surface area contributed by atoms with Crippen molar-refractivity contribution in [2.45, 2.75) is 6.92 Å². The Kier molecular flexibility index (Phi) is 6.61. The molecular weight excluding hydrogens is 351 g/mol. The van der Waals surface area contributed by atoms with Crippen LogP contribution in [-0.4, -0.2) is 25.0 Å². The van der Waals surface area contributed by atoms with Crippen LogP contribution in [0.4, 0.5) is 11.4 Å². The molecule has 0 aliphatic carbocycles. The van der Waals surface area contributed by atoms with E-state index in [0.29, 0.717) is 21.4 Å². The molecule has 5 nitrogen and oxygen atoms in total. The van der Waals surface area contributed by atoms with Crippen LogP contribution >= 0.6 is 23.2 Å². The molecule has 0 saturated carbocycles. The molecule has 0 heterocycles. The van der Waals surface area contributed by atoms with E-state index in [2.05, 4.69) is 10.6 Å². The van der Waals surface area contributed by atoms with Gasteiger partial charge < -0.3 is 15.4 Å². The lowest BCUT2D eigenvalue weighted by Gasteiger charge is -2.09. The van der Waals surface area contributed by atoms with Crippen LogP contribution in [0.3, 0.4) is 0 Å². The first-order valence-corrected chi connectivity index (χ1v) is 7.89. The second-order valence-electron chi connectivity index (χ2n) is 5.08. The molecule has 2 rings (SSSR count). The minimum Gasteiger partial charge on any atom is -0.362 e. The summed E-state index contributed by atoms with van der Waals surface area (Å²) in [5, 5.41) is 6.08. The molecule has 7 heteroatoms. The van der Waals surface area contributed by atoms with Gasteiger partial charge in [0.2, 0.25) is 11.8 Å². The van der Waals surface area contributed by atoms with Gasteiger partial charge in [0.1, 0.15) is 13.2 Å². The molecule has 0 unspecified atom stereocenters. The van der Waals surface area contributed by atoms with Crippen molar-refractivity contribution >= 4 is 46.4 Å². The van der Waals surface area contributed by atoms with E-state index in [1.807, 2.05) is 25.1 Å². The van der Waals surface area contributed by atoms with Crippen molar-refractivity contribution in [1.29, 1.82) is 0 Å². The highest BCUT2D eigenvalue weighted by Crippen LogP contribution is 2.25. The van der Waals surface area contributed by atoms with E-state index >= 15 is 0 Å². The number of benzene rings is 2. The molecule has 0 saturated heterocycles. The SMILES string of the molecule is Cc1cccc(NC(=O)COCC(=O)Nc2cc(Cl)ccc2Cl)c1. The van der Waals surface area contributed by atoms with Crippen LogP contribution in [0, 0.1) is 6.92 Å². The van der Waals surface area contributed by atoms with Gasteiger partial charge in [-0.15, -0.1) is 0 Å². The number of halogens is 2. The maximum atomic E-state index is 11.8. The predicted molar refractivity (Wildman–Crippen MR) is 95.7 cm³/mol. The molecule has 126 valence electrons.